The standard InChI is InChI=1S/C18H22N4O2/c1-22(2)10-9-20-17(23)13-11-14(13)18(24)21-15-7-3-5-12-6-4-8-19-16(12)15/h3-8,13-14H,9-11H2,1-2H3,(H,20,23)(H,21,24). The van der Waals surface area contributed by atoms with E-state index in [1.807, 2.05) is 49.3 Å². The van der Waals surface area contributed by atoms with Crippen molar-refractivity contribution in [1.29, 1.82) is 0 Å². The zero-order chi connectivity index (χ0) is 17.1. The fraction of sp³-hybridized carbons (Fsp3) is 0.389. The molecule has 6 heteroatoms. The first-order chi connectivity index (χ1) is 11.6. The van der Waals surface area contributed by atoms with Gasteiger partial charge in [0, 0.05) is 24.7 Å². The first-order valence-corrected chi connectivity index (χ1v) is 8.13. The molecule has 2 amide bonds. The van der Waals surface area contributed by atoms with Gasteiger partial charge < -0.3 is 15.5 Å². The average molecular weight is 326 g/mol. The Morgan fingerprint density at radius 2 is 1.92 bits per heavy atom. The normalized spacial score (nSPS) is 19.3. The predicted octanol–water partition coefficient (Wildman–Crippen LogP) is 1.49. The molecular weight excluding hydrogens is 304 g/mol. The quantitative estimate of drug-likeness (QED) is 0.843. The van der Waals surface area contributed by atoms with E-state index in [-0.39, 0.29) is 23.7 Å². The van der Waals surface area contributed by atoms with Crippen molar-refractivity contribution < 1.29 is 9.59 Å². The molecule has 1 aliphatic rings. The summed E-state index contributed by atoms with van der Waals surface area (Å²) in [4.78, 5) is 30.8. The molecule has 2 aromatic rings. The Kier molecular flexibility index (Phi) is 4.76. The number of benzene rings is 1. The molecule has 24 heavy (non-hydrogen) atoms. The summed E-state index contributed by atoms with van der Waals surface area (Å²) < 4.78 is 0. The van der Waals surface area contributed by atoms with Gasteiger partial charge in [0.15, 0.2) is 0 Å². The molecule has 1 fully saturated rings. The number of aromatic nitrogens is 1. The third-order valence-electron chi connectivity index (χ3n) is 4.21. The molecule has 0 aliphatic heterocycles. The molecule has 2 unspecified atom stereocenters. The zero-order valence-electron chi connectivity index (χ0n) is 14.0. The number of pyridine rings is 1. The molecule has 1 saturated carbocycles. The number of carbonyl (C=O) groups excluding carboxylic acids is 2. The number of fused-ring (bicyclic) bond motifs is 1. The van der Waals surface area contributed by atoms with E-state index in [9.17, 15) is 9.59 Å². The lowest BCUT2D eigenvalue weighted by Gasteiger charge is -2.10. The highest BCUT2D eigenvalue weighted by Gasteiger charge is 2.47. The maximum atomic E-state index is 12.4. The van der Waals surface area contributed by atoms with Gasteiger partial charge in [0.05, 0.1) is 23.0 Å². The summed E-state index contributed by atoms with van der Waals surface area (Å²) >= 11 is 0. The van der Waals surface area contributed by atoms with Gasteiger partial charge in [-0.3, -0.25) is 14.6 Å². The van der Waals surface area contributed by atoms with Crippen LogP contribution in [0.2, 0.25) is 0 Å². The summed E-state index contributed by atoms with van der Waals surface area (Å²) in [6.07, 6.45) is 2.31. The minimum atomic E-state index is -0.247. The SMILES string of the molecule is CN(C)CCNC(=O)C1CC1C(=O)Nc1cccc2cccnc12. The van der Waals surface area contributed by atoms with Crippen molar-refractivity contribution >= 4 is 28.4 Å². The van der Waals surface area contributed by atoms with Crippen LogP contribution >= 0.6 is 0 Å². The molecule has 2 N–H and O–H groups in total. The van der Waals surface area contributed by atoms with Crippen LogP contribution in [0.3, 0.4) is 0 Å². The first kappa shape index (κ1) is 16.4. The van der Waals surface area contributed by atoms with E-state index in [2.05, 4.69) is 15.6 Å². The number of likely N-dealkylation sites (N-methyl/N-ethyl adjacent to an activating group) is 1. The number of hydrogen-bond acceptors (Lipinski definition) is 4. The number of rotatable bonds is 6. The van der Waals surface area contributed by atoms with Crippen LogP contribution in [0, 0.1) is 11.8 Å². The Morgan fingerprint density at radius 3 is 2.71 bits per heavy atom. The van der Waals surface area contributed by atoms with Crippen LogP contribution in [-0.2, 0) is 9.59 Å². The number of para-hydroxylation sites is 1. The molecule has 0 radical (unpaired) electrons. The monoisotopic (exact) mass is 326 g/mol. The second-order valence-electron chi connectivity index (χ2n) is 6.41. The maximum absolute atomic E-state index is 12.4. The van der Waals surface area contributed by atoms with E-state index >= 15 is 0 Å². The number of nitrogens with one attached hydrogen (secondary N) is 2. The molecule has 1 aromatic heterocycles. The van der Waals surface area contributed by atoms with Gasteiger partial charge in [-0.05, 0) is 32.6 Å². The summed E-state index contributed by atoms with van der Waals surface area (Å²) in [5, 5.41) is 6.77. The molecule has 1 aromatic carbocycles. The minimum absolute atomic E-state index is 0.0342. The van der Waals surface area contributed by atoms with Crippen molar-refractivity contribution in [3.63, 3.8) is 0 Å². The zero-order valence-corrected chi connectivity index (χ0v) is 14.0. The first-order valence-electron chi connectivity index (χ1n) is 8.13. The second-order valence-corrected chi connectivity index (χ2v) is 6.41. The molecular formula is C18H22N4O2. The van der Waals surface area contributed by atoms with Crippen molar-refractivity contribution in [3.05, 3.63) is 36.5 Å². The highest BCUT2D eigenvalue weighted by atomic mass is 16.2. The number of hydrogen-bond donors (Lipinski definition) is 2. The van der Waals surface area contributed by atoms with Crippen LogP contribution in [0.5, 0.6) is 0 Å². The molecule has 0 saturated heterocycles. The van der Waals surface area contributed by atoms with Crippen molar-refractivity contribution in [1.82, 2.24) is 15.2 Å². The lowest BCUT2D eigenvalue weighted by atomic mass is 10.2. The van der Waals surface area contributed by atoms with E-state index < -0.39 is 0 Å². The van der Waals surface area contributed by atoms with Crippen molar-refractivity contribution in [3.8, 4) is 0 Å². The Balaban J connectivity index is 1.57. The van der Waals surface area contributed by atoms with Gasteiger partial charge in [0.2, 0.25) is 11.8 Å². The molecule has 126 valence electrons. The lowest BCUT2D eigenvalue weighted by molar-refractivity contribution is -0.125. The van der Waals surface area contributed by atoms with Crippen LogP contribution in [0.1, 0.15) is 6.42 Å². The van der Waals surface area contributed by atoms with E-state index in [1.54, 1.807) is 6.20 Å². The fourth-order valence-corrected chi connectivity index (χ4v) is 2.74. The van der Waals surface area contributed by atoms with Crippen LogP contribution in [0.25, 0.3) is 10.9 Å². The molecule has 2 atom stereocenters. The Bertz CT molecular complexity index is 754. The van der Waals surface area contributed by atoms with Crippen molar-refractivity contribution in [2.24, 2.45) is 11.8 Å². The third-order valence-corrected chi connectivity index (χ3v) is 4.21. The number of amides is 2. The maximum Gasteiger partial charge on any atom is 0.228 e. The van der Waals surface area contributed by atoms with Crippen molar-refractivity contribution in [2.45, 2.75) is 6.42 Å². The topological polar surface area (TPSA) is 74.3 Å². The van der Waals surface area contributed by atoms with Gasteiger partial charge in [0.25, 0.3) is 0 Å². The summed E-state index contributed by atoms with van der Waals surface area (Å²) in [6.45, 7) is 1.39. The van der Waals surface area contributed by atoms with E-state index in [0.29, 0.717) is 18.7 Å². The smallest absolute Gasteiger partial charge is 0.228 e. The van der Waals surface area contributed by atoms with E-state index in [0.717, 1.165) is 17.4 Å². The Labute approximate surface area is 141 Å². The number of carbonyl (C=O) groups is 2. The predicted molar refractivity (Wildman–Crippen MR) is 93.5 cm³/mol. The molecule has 1 heterocycles. The summed E-state index contributed by atoms with van der Waals surface area (Å²) in [6, 6.07) is 9.49. The molecule has 1 aliphatic carbocycles. The number of anilines is 1. The highest BCUT2D eigenvalue weighted by molar-refractivity contribution is 6.04. The lowest BCUT2D eigenvalue weighted by Crippen LogP contribution is -2.33. The average Bonchev–Trinajstić information content (AvgIpc) is 3.35. The summed E-state index contributed by atoms with van der Waals surface area (Å²) in [5.41, 5.74) is 1.46. The van der Waals surface area contributed by atoms with Crippen LogP contribution < -0.4 is 10.6 Å². The summed E-state index contributed by atoms with van der Waals surface area (Å²) in [7, 11) is 3.91. The van der Waals surface area contributed by atoms with Crippen molar-refractivity contribution in [2.75, 3.05) is 32.5 Å². The summed E-state index contributed by atoms with van der Waals surface area (Å²) in [5.74, 6) is -0.604. The van der Waals surface area contributed by atoms with Gasteiger partial charge in [-0.1, -0.05) is 18.2 Å². The van der Waals surface area contributed by atoms with Gasteiger partial charge in [0.1, 0.15) is 0 Å². The minimum Gasteiger partial charge on any atom is -0.355 e. The van der Waals surface area contributed by atoms with Crippen LogP contribution in [0.15, 0.2) is 36.5 Å². The van der Waals surface area contributed by atoms with Gasteiger partial charge in [-0.2, -0.15) is 0 Å². The van der Waals surface area contributed by atoms with Gasteiger partial charge in [-0.25, -0.2) is 0 Å². The molecule has 0 bridgehead atoms. The van der Waals surface area contributed by atoms with E-state index in [1.165, 1.54) is 0 Å². The molecule has 3 rings (SSSR count). The fourth-order valence-electron chi connectivity index (χ4n) is 2.74. The van der Waals surface area contributed by atoms with Gasteiger partial charge in [-0.15, -0.1) is 0 Å². The molecule has 6 nitrogen and oxygen atoms in total. The third kappa shape index (κ3) is 3.71. The Hall–Kier alpha value is -2.47. The number of nitrogens with zero attached hydrogens (tertiary/aromatic N) is 2. The largest absolute Gasteiger partial charge is 0.355 e. The molecule has 0 spiro atoms. The van der Waals surface area contributed by atoms with E-state index in [4.69, 9.17) is 0 Å². The van der Waals surface area contributed by atoms with Crippen LogP contribution in [-0.4, -0.2) is 48.9 Å². The van der Waals surface area contributed by atoms with Crippen LogP contribution in [0.4, 0.5) is 5.69 Å². The highest BCUT2D eigenvalue weighted by Crippen LogP contribution is 2.39. The Morgan fingerprint density at radius 1 is 1.17 bits per heavy atom. The second kappa shape index (κ2) is 6.97. The van der Waals surface area contributed by atoms with Gasteiger partial charge >= 0.3 is 0 Å².